The second kappa shape index (κ2) is 6.94. The van der Waals surface area contributed by atoms with Crippen LogP contribution in [0, 0.1) is 5.92 Å². The summed E-state index contributed by atoms with van der Waals surface area (Å²) in [5, 5.41) is 10.5. The highest BCUT2D eigenvalue weighted by Crippen LogP contribution is 2.31. The Kier molecular flexibility index (Phi) is 5.68. The molecule has 0 amide bonds. The molecule has 0 aliphatic heterocycles. The van der Waals surface area contributed by atoms with Crippen LogP contribution in [0.15, 0.2) is 0 Å². The van der Waals surface area contributed by atoms with Gasteiger partial charge in [-0.25, -0.2) is 0 Å². The summed E-state index contributed by atoms with van der Waals surface area (Å²) in [6, 6.07) is 0.109. The van der Waals surface area contributed by atoms with Gasteiger partial charge in [-0.15, -0.1) is 0 Å². The number of nitrogens with one attached hydrogen (secondary N) is 1. The molecule has 5 nitrogen and oxygen atoms in total. The summed E-state index contributed by atoms with van der Waals surface area (Å²) < 4.78 is 28.9. The van der Waals surface area contributed by atoms with E-state index in [1.807, 2.05) is 0 Å². The van der Waals surface area contributed by atoms with Gasteiger partial charge in [0.2, 0.25) is 0 Å². The zero-order valence-electron chi connectivity index (χ0n) is 13.3. The molecule has 124 valence electrons. The van der Waals surface area contributed by atoms with Gasteiger partial charge in [-0.3, -0.25) is 0 Å². The van der Waals surface area contributed by atoms with E-state index in [2.05, 4.69) is 11.6 Å². The molecule has 2 saturated carbocycles. The normalized spacial score (nSPS) is 32.5. The van der Waals surface area contributed by atoms with Crippen LogP contribution in [0.25, 0.3) is 0 Å². The monoisotopic (exact) mass is 318 g/mol. The van der Waals surface area contributed by atoms with Gasteiger partial charge in [-0.1, -0.05) is 26.2 Å². The molecule has 21 heavy (non-hydrogen) atoms. The van der Waals surface area contributed by atoms with E-state index in [0.717, 1.165) is 38.5 Å². The molecule has 0 saturated heterocycles. The van der Waals surface area contributed by atoms with Crippen molar-refractivity contribution >= 4 is 10.2 Å². The Bertz CT molecular complexity index is 424. The summed E-state index contributed by atoms with van der Waals surface area (Å²) in [6.45, 7) is 2.32. The number of hydrogen-bond acceptors (Lipinski definition) is 3. The van der Waals surface area contributed by atoms with Crippen LogP contribution in [0.3, 0.4) is 0 Å². The fourth-order valence-electron chi connectivity index (χ4n) is 3.44. The van der Waals surface area contributed by atoms with Crippen molar-refractivity contribution in [2.75, 3.05) is 13.6 Å². The lowest BCUT2D eigenvalue weighted by molar-refractivity contribution is -0.00216. The molecular weight excluding hydrogens is 288 g/mol. The number of aliphatic hydroxyl groups is 1. The third-order valence-corrected chi connectivity index (χ3v) is 6.82. The Labute approximate surface area is 129 Å². The molecule has 0 heterocycles. The third-order valence-electron chi connectivity index (χ3n) is 5.26. The number of rotatable bonds is 5. The quantitative estimate of drug-likeness (QED) is 0.815. The smallest absolute Gasteiger partial charge is 0.279 e. The van der Waals surface area contributed by atoms with E-state index in [4.69, 9.17) is 0 Å². The molecule has 0 aromatic rings. The standard InChI is InChI=1S/C15H30N2O3S/c1-13-8-10-15(18,11-9-13)12-16-21(19,20)17(2)14-6-4-3-5-7-14/h13-14,16,18H,3-12H2,1-2H3. The molecule has 0 radical (unpaired) electrons. The lowest BCUT2D eigenvalue weighted by Crippen LogP contribution is -2.51. The van der Waals surface area contributed by atoms with Crippen molar-refractivity contribution in [3.63, 3.8) is 0 Å². The molecule has 2 fully saturated rings. The predicted molar refractivity (Wildman–Crippen MR) is 84.1 cm³/mol. The number of nitrogens with zero attached hydrogens (tertiary/aromatic N) is 1. The summed E-state index contributed by atoms with van der Waals surface area (Å²) in [5.74, 6) is 0.631. The van der Waals surface area contributed by atoms with Crippen molar-refractivity contribution in [2.24, 2.45) is 5.92 Å². The highest BCUT2D eigenvalue weighted by molar-refractivity contribution is 7.87. The molecule has 0 aromatic carbocycles. The molecule has 0 bridgehead atoms. The van der Waals surface area contributed by atoms with Gasteiger partial charge in [0, 0.05) is 19.6 Å². The van der Waals surface area contributed by atoms with Crippen LogP contribution in [-0.4, -0.2) is 43.1 Å². The SMILES string of the molecule is CC1CCC(O)(CNS(=O)(=O)N(C)C2CCCCC2)CC1. The summed E-state index contributed by atoms with van der Waals surface area (Å²) in [6.07, 6.45) is 8.61. The van der Waals surface area contributed by atoms with Crippen LogP contribution < -0.4 is 4.72 Å². The van der Waals surface area contributed by atoms with Crippen molar-refractivity contribution in [1.29, 1.82) is 0 Å². The summed E-state index contributed by atoms with van der Waals surface area (Å²) in [5.41, 5.74) is -0.868. The second-order valence-corrected chi connectivity index (χ2v) is 8.86. The van der Waals surface area contributed by atoms with Gasteiger partial charge in [-0.2, -0.15) is 17.4 Å². The van der Waals surface area contributed by atoms with Crippen molar-refractivity contribution in [1.82, 2.24) is 9.03 Å². The van der Waals surface area contributed by atoms with Gasteiger partial charge in [-0.05, 0) is 44.4 Å². The third kappa shape index (κ3) is 4.65. The fraction of sp³-hybridized carbons (Fsp3) is 1.00. The summed E-state index contributed by atoms with van der Waals surface area (Å²) in [4.78, 5) is 0. The van der Waals surface area contributed by atoms with Crippen LogP contribution in [0.1, 0.15) is 64.7 Å². The first kappa shape index (κ1) is 17.2. The molecule has 0 spiro atoms. The Morgan fingerprint density at radius 1 is 1.14 bits per heavy atom. The van der Waals surface area contributed by atoms with Crippen molar-refractivity contribution in [3.05, 3.63) is 0 Å². The van der Waals surface area contributed by atoms with Gasteiger partial charge < -0.3 is 5.11 Å². The molecular formula is C15H30N2O3S. The summed E-state index contributed by atoms with van der Waals surface area (Å²) >= 11 is 0. The first-order valence-electron chi connectivity index (χ1n) is 8.27. The van der Waals surface area contributed by atoms with Crippen LogP contribution >= 0.6 is 0 Å². The minimum atomic E-state index is -3.49. The molecule has 0 aromatic heterocycles. The first-order chi connectivity index (χ1) is 9.82. The Morgan fingerprint density at radius 2 is 1.71 bits per heavy atom. The maximum absolute atomic E-state index is 12.4. The van der Waals surface area contributed by atoms with Crippen molar-refractivity contribution in [3.8, 4) is 0 Å². The van der Waals surface area contributed by atoms with E-state index in [9.17, 15) is 13.5 Å². The minimum absolute atomic E-state index is 0.109. The van der Waals surface area contributed by atoms with E-state index >= 15 is 0 Å². The molecule has 2 rings (SSSR count). The largest absolute Gasteiger partial charge is 0.389 e. The average molecular weight is 318 g/mol. The Morgan fingerprint density at radius 3 is 2.29 bits per heavy atom. The zero-order valence-corrected chi connectivity index (χ0v) is 14.2. The van der Waals surface area contributed by atoms with Crippen LogP contribution in [0.5, 0.6) is 0 Å². The molecule has 2 N–H and O–H groups in total. The molecule has 0 atom stereocenters. The van der Waals surface area contributed by atoms with Crippen LogP contribution in [0.2, 0.25) is 0 Å². The highest BCUT2D eigenvalue weighted by atomic mass is 32.2. The Balaban J connectivity index is 1.88. The maximum Gasteiger partial charge on any atom is 0.279 e. The number of hydrogen-bond donors (Lipinski definition) is 2. The van der Waals surface area contributed by atoms with E-state index < -0.39 is 15.8 Å². The topological polar surface area (TPSA) is 69.6 Å². The van der Waals surface area contributed by atoms with Gasteiger partial charge in [0.05, 0.1) is 5.60 Å². The molecule has 2 aliphatic rings. The van der Waals surface area contributed by atoms with Crippen LogP contribution in [-0.2, 0) is 10.2 Å². The lowest BCUT2D eigenvalue weighted by atomic mass is 9.80. The van der Waals surface area contributed by atoms with Gasteiger partial charge >= 0.3 is 0 Å². The summed E-state index contributed by atoms with van der Waals surface area (Å²) in [7, 11) is -1.83. The van der Waals surface area contributed by atoms with E-state index in [1.165, 1.54) is 10.7 Å². The van der Waals surface area contributed by atoms with E-state index in [-0.39, 0.29) is 12.6 Å². The lowest BCUT2D eigenvalue weighted by Gasteiger charge is -2.36. The zero-order chi connectivity index (χ0) is 15.5. The average Bonchev–Trinajstić information content (AvgIpc) is 2.49. The van der Waals surface area contributed by atoms with Crippen molar-refractivity contribution < 1.29 is 13.5 Å². The molecule has 2 aliphatic carbocycles. The van der Waals surface area contributed by atoms with Crippen molar-refractivity contribution in [2.45, 2.75) is 76.4 Å². The maximum atomic E-state index is 12.4. The molecule has 0 unspecified atom stereocenters. The van der Waals surface area contributed by atoms with E-state index in [1.54, 1.807) is 7.05 Å². The van der Waals surface area contributed by atoms with E-state index in [0.29, 0.717) is 18.8 Å². The predicted octanol–water partition coefficient (Wildman–Crippen LogP) is 2.03. The van der Waals surface area contributed by atoms with Crippen LogP contribution in [0.4, 0.5) is 0 Å². The highest BCUT2D eigenvalue weighted by Gasteiger charge is 2.34. The van der Waals surface area contributed by atoms with Gasteiger partial charge in [0.25, 0.3) is 10.2 Å². The van der Waals surface area contributed by atoms with Gasteiger partial charge in [0.15, 0.2) is 0 Å². The Hall–Kier alpha value is -0.170. The van der Waals surface area contributed by atoms with Gasteiger partial charge in [0.1, 0.15) is 0 Å². The second-order valence-electron chi connectivity index (χ2n) is 7.04. The minimum Gasteiger partial charge on any atom is -0.389 e. The first-order valence-corrected chi connectivity index (χ1v) is 9.71. The fourth-order valence-corrected chi connectivity index (χ4v) is 4.70. The molecule has 6 heteroatoms.